The van der Waals surface area contributed by atoms with Crippen LogP contribution >= 0.6 is 12.6 Å². The Balaban J connectivity index is 1.76. The second-order valence-electron chi connectivity index (χ2n) is 6.67. The minimum atomic E-state index is -4.48. The standard InChI is InChI=1S/C22H14F3N3O2S/c23-22(24,25)14-6-4-5-13(11-14)17-9-10-18(30-17)19-27-20(29)16(12-26)21(31)28(19)15-7-2-1-3-8-15/h1-11,19,31H,(H,27,29)/t19-/m1/s1. The number of carbonyl (C=O) groups is 1. The van der Waals surface area contributed by atoms with Gasteiger partial charge >= 0.3 is 6.18 Å². The van der Waals surface area contributed by atoms with Gasteiger partial charge in [-0.05, 0) is 36.4 Å². The number of nitrogens with zero attached hydrogens (tertiary/aromatic N) is 2. The van der Waals surface area contributed by atoms with Crippen LogP contribution in [0.25, 0.3) is 11.3 Å². The van der Waals surface area contributed by atoms with Crippen molar-refractivity contribution >= 4 is 24.2 Å². The number of hydrogen-bond acceptors (Lipinski definition) is 5. The maximum Gasteiger partial charge on any atom is 0.416 e. The van der Waals surface area contributed by atoms with Gasteiger partial charge in [-0.3, -0.25) is 4.79 Å². The lowest BCUT2D eigenvalue weighted by Crippen LogP contribution is -2.45. The van der Waals surface area contributed by atoms with Crippen molar-refractivity contribution in [3.05, 3.63) is 88.7 Å². The van der Waals surface area contributed by atoms with Crippen LogP contribution in [-0.4, -0.2) is 5.91 Å². The lowest BCUT2D eigenvalue weighted by Gasteiger charge is -2.36. The zero-order valence-corrected chi connectivity index (χ0v) is 16.6. The number of hydrogen-bond donors (Lipinski definition) is 2. The summed E-state index contributed by atoms with van der Waals surface area (Å²) in [6.07, 6.45) is -5.33. The highest BCUT2D eigenvalue weighted by Gasteiger charge is 2.36. The third kappa shape index (κ3) is 3.90. The number of furan rings is 1. The van der Waals surface area contributed by atoms with E-state index in [2.05, 4.69) is 17.9 Å². The van der Waals surface area contributed by atoms with Crippen molar-refractivity contribution in [2.24, 2.45) is 0 Å². The lowest BCUT2D eigenvalue weighted by atomic mass is 10.1. The van der Waals surface area contributed by atoms with E-state index in [1.54, 1.807) is 35.2 Å². The molecule has 0 saturated heterocycles. The molecule has 31 heavy (non-hydrogen) atoms. The van der Waals surface area contributed by atoms with Crippen LogP contribution in [0.1, 0.15) is 17.5 Å². The quantitative estimate of drug-likeness (QED) is 0.544. The smallest absolute Gasteiger partial charge is 0.416 e. The first-order valence-electron chi connectivity index (χ1n) is 9.05. The number of rotatable bonds is 3. The van der Waals surface area contributed by atoms with Gasteiger partial charge in [0, 0.05) is 11.3 Å². The molecule has 1 aliphatic rings. The highest BCUT2D eigenvalue weighted by atomic mass is 32.1. The number of alkyl halides is 3. The SMILES string of the molecule is N#CC1=C(S)N(c2ccccc2)[C@H](c2ccc(-c3cccc(C(F)(F)F)c3)o2)NC1=O. The molecule has 2 heterocycles. The van der Waals surface area contributed by atoms with Crippen LogP contribution in [0.2, 0.25) is 0 Å². The van der Waals surface area contributed by atoms with E-state index in [4.69, 9.17) is 4.42 Å². The molecule has 1 N–H and O–H groups in total. The summed E-state index contributed by atoms with van der Waals surface area (Å²) in [7, 11) is 0. The molecule has 1 aromatic heterocycles. The van der Waals surface area contributed by atoms with Crippen LogP contribution in [0.3, 0.4) is 0 Å². The van der Waals surface area contributed by atoms with Gasteiger partial charge in [0.1, 0.15) is 23.2 Å². The Hall–Kier alpha value is -3.64. The van der Waals surface area contributed by atoms with E-state index in [1.165, 1.54) is 18.2 Å². The van der Waals surface area contributed by atoms with Gasteiger partial charge in [0.05, 0.1) is 10.6 Å². The van der Waals surface area contributed by atoms with E-state index < -0.39 is 23.8 Å². The fourth-order valence-corrected chi connectivity index (χ4v) is 3.65. The van der Waals surface area contributed by atoms with Gasteiger partial charge in [-0.15, -0.1) is 12.6 Å². The zero-order valence-electron chi connectivity index (χ0n) is 15.7. The van der Waals surface area contributed by atoms with Gasteiger partial charge in [-0.2, -0.15) is 18.4 Å². The molecule has 0 saturated carbocycles. The molecule has 0 radical (unpaired) electrons. The summed E-state index contributed by atoms with van der Waals surface area (Å²) in [6, 6.07) is 18.6. The van der Waals surface area contributed by atoms with Crippen molar-refractivity contribution in [2.75, 3.05) is 4.90 Å². The molecule has 1 atom stereocenters. The van der Waals surface area contributed by atoms with E-state index in [9.17, 15) is 23.2 Å². The van der Waals surface area contributed by atoms with Crippen LogP contribution in [0, 0.1) is 11.3 Å². The summed E-state index contributed by atoms with van der Waals surface area (Å²) >= 11 is 4.39. The van der Waals surface area contributed by atoms with Gasteiger partial charge in [-0.1, -0.05) is 30.3 Å². The first-order valence-corrected chi connectivity index (χ1v) is 9.50. The maximum absolute atomic E-state index is 13.1. The van der Waals surface area contributed by atoms with Crippen molar-refractivity contribution in [1.29, 1.82) is 5.26 Å². The molecule has 156 valence electrons. The summed E-state index contributed by atoms with van der Waals surface area (Å²) in [4.78, 5) is 14.0. The third-order valence-corrected chi connectivity index (χ3v) is 5.16. The van der Waals surface area contributed by atoms with Gasteiger partial charge in [0.2, 0.25) is 0 Å². The average Bonchev–Trinajstić information content (AvgIpc) is 3.24. The average molecular weight is 441 g/mol. The number of anilines is 1. The molecule has 0 fully saturated rings. The van der Waals surface area contributed by atoms with Crippen molar-refractivity contribution in [3.8, 4) is 17.4 Å². The molecule has 5 nitrogen and oxygen atoms in total. The summed E-state index contributed by atoms with van der Waals surface area (Å²) in [5.41, 5.74) is -0.0664. The monoisotopic (exact) mass is 441 g/mol. The zero-order chi connectivity index (χ0) is 22.2. The summed E-state index contributed by atoms with van der Waals surface area (Å²) in [5, 5.41) is 12.2. The lowest BCUT2D eigenvalue weighted by molar-refractivity contribution is -0.137. The molecule has 0 unspecified atom stereocenters. The van der Waals surface area contributed by atoms with Crippen molar-refractivity contribution < 1.29 is 22.4 Å². The Morgan fingerprint density at radius 1 is 1.06 bits per heavy atom. The Morgan fingerprint density at radius 2 is 1.81 bits per heavy atom. The number of carbonyl (C=O) groups excluding carboxylic acids is 1. The number of nitrogens with one attached hydrogen (secondary N) is 1. The molecule has 1 amide bonds. The molecule has 4 rings (SSSR count). The Bertz CT molecular complexity index is 1210. The minimum absolute atomic E-state index is 0.138. The number of para-hydroxylation sites is 1. The first kappa shape index (κ1) is 20.6. The number of thiol groups is 1. The number of benzene rings is 2. The van der Waals surface area contributed by atoms with Crippen molar-refractivity contribution in [2.45, 2.75) is 12.3 Å². The van der Waals surface area contributed by atoms with Crippen LogP contribution in [0.4, 0.5) is 18.9 Å². The highest BCUT2D eigenvalue weighted by molar-refractivity contribution is 7.84. The largest absolute Gasteiger partial charge is 0.457 e. The Morgan fingerprint density at radius 3 is 2.48 bits per heavy atom. The third-order valence-electron chi connectivity index (χ3n) is 4.72. The fourth-order valence-electron chi connectivity index (χ4n) is 3.27. The maximum atomic E-state index is 13.1. The summed E-state index contributed by atoms with van der Waals surface area (Å²) < 4.78 is 45.0. The Labute approximate surface area is 180 Å². The molecule has 3 aromatic rings. The fraction of sp³-hybridized carbons (Fsp3) is 0.0909. The van der Waals surface area contributed by atoms with Gasteiger partial charge in [0.15, 0.2) is 6.17 Å². The highest BCUT2D eigenvalue weighted by Crippen LogP contribution is 2.38. The van der Waals surface area contributed by atoms with Crippen LogP contribution < -0.4 is 10.2 Å². The van der Waals surface area contributed by atoms with Crippen LogP contribution in [0.5, 0.6) is 0 Å². The Kier molecular flexibility index (Phi) is 5.25. The number of halogens is 3. The predicted octanol–water partition coefficient (Wildman–Crippen LogP) is 5.27. The minimum Gasteiger partial charge on any atom is -0.457 e. The van der Waals surface area contributed by atoms with E-state index in [0.29, 0.717) is 5.69 Å². The normalized spacial score (nSPS) is 16.8. The van der Waals surface area contributed by atoms with Gasteiger partial charge < -0.3 is 14.6 Å². The molecule has 0 bridgehead atoms. The van der Waals surface area contributed by atoms with Crippen molar-refractivity contribution in [1.82, 2.24) is 5.32 Å². The summed E-state index contributed by atoms with van der Waals surface area (Å²) in [6.45, 7) is 0. The second kappa shape index (κ2) is 7.89. The van der Waals surface area contributed by atoms with Gasteiger partial charge in [-0.25, -0.2) is 0 Å². The molecule has 2 aromatic carbocycles. The van der Waals surface area contributed by atoms with E-state index >= 15 is 0 Å². The second-order valence-corrected chi connectivity index (χ2v) is 7.10. The van der Waals surface area contributed by atoms with Crippen LogP contribution in [-0.2, 0) is 11.0 Å². The van der Waals surface area contributed by atoms with E-state index in [-0.39, 0.29) is 27.7 Å². The predicted molar refractivity (Wildman–Crippen MR) is 111 cm³/mol. The van der Waals surface area contributed by atoms with Gasteiger partial charge in [0.25, 0.3) is 5.91 Å². The molecular formula is C22H14F3N3O2S. The van der Waals surface area contributed by atoms with E-state index in [1.807, 2.05) is 12.1 Å². The molecule has 9 heteroatoms. The van der Waals surface area contributed by atoms with E-state index in [0.717, 1.165) is 12.1 Å². The molecule has 0 spiro atoms. The molecular weight excluding hydrogens is 427 g/mol. The topological polar surface area (TPSA) is 69.3 Å². The van der Waals surface area contributed by atoms with Crippen LogP contribution in [0.15, 0.2) is 81.7 Å². The van der Waals surface area contributed by atoms with Crippen molar-refractivity contribution in [3.63, 3.8) is 0 Å². The number of nitriles is 1. The molecule has 0 aliphatic carbocycles. The number of amides is 1. The first-order chi connectivity index (χ1) is 14.8. The molecule has 1 aliphatic heterocycles. The summed E-state index contributed by atoms with van der Waals surface area (Å²) in [5.74, 6) is -0.144.